The van der Waals surface area contributed by atoms with Crippen LogP contribution in [0.4, 0.5) is 5.69 Å². The Morgan fingerprint density at radius 2 is 2.00 bits per heavy atom. The van der Waals surface area contributed by atoms with Crippen molar-refractivity contribution in [3.8, 4) is 11.5 Å². The number of nitrogens with zero attached hydrogens (tertiary/aromatic N) is 1. The summed E-state index contributed by atoms with van der Waals surface area (Å²) in [5.74, 6) is 0.605. The Kier molecular flexibility index (Phi) is 4.67. The van der Waals surface area contributed by atoms with E-state index in [0.29, 0.717) is 33.1 Å². The van der Waals surface area contributed by atoms with Gasteiger partial charge in [-0.2, -0.15) is 0 Å². The van der Waals surface area contributed by atoms with Crippen LogP contribution in [0.5, 0.6) is 11.5 Å². The van der Waals surface area contributed by atoms with Crippen molar-refractivity contribution in [1.29, 1.82) is 0 Å². The molecule has 2 N–H and O–H groups in total. The summed E-state index contributed by atoms with van der Waals surface area (Å²) in [6.45, 7) is 0.0414. The summed E-state index contributed by atoms with van der Waals surface area (Å²) < 4.78 is 12.1. The van der Waals surface area contributed by atoms with E-state index < -0.39 is 0 Å². The lowest BCUT2D eigenvalue weighted by Crippen LogP contribution is -2.19. The lowest BCUT2D eigenvalue weighted by molar-refractivity contribution is -0.116. The first kappa shape index (κ1) is 16.9. The maximum atomic E-state index is 12.4. The van der Waals surface area contributed by atoms with E-state index in [-0.39, 0.29) is 18.0 Å². The molecule has 0 aliphatic rings. The quantitative estimate of drug-likeness (QED) is 0.731. The largest absolute Gasteiger partial charge is 0.495 e. The lowest BCUT2D eigenvalue weighted by atomic mass is 10.2. The molecule has 0 spiro atoms. The van der Waals surface area contributed by atoms with Gasteiger partial charge in [-0.1, -0.05) is 11.6 Å². The number of anilines is 1. The molecule has 7 nitrogen and oxygen atoms in total. The van der Waals surface area contributed by atoms with Crippen molar-refractivity contribution in [2.24, 2.45) is 0 Å². The van der Waals surface area contributed by atoms with Crippen molar-refractivity contribution >= 4 is 34.1 Å². The highest BCUT2D eigenvalue weighted by atomic mass is 35.5. The molecule has 2 heterocycles. The molecule has 25 heavy (non-hydrogen) atoms. The lowest BCUT2D eigenvalue weighted by Gasteiger charge is -2.13. The summed E-state index contributed by atoms with van der Waals surface area (Å²) >= 11 is 6.10. The second-order valence-electron chi connectivity index (χ2n) is 5.28. The van der Waals surface area contributed by atoms with Crippen LogP contribution in [0.25, 0.3) is 10.9 Å². The molecule has 130 valence electrons. The average Bonchev–Trinajstić information content (AvgIpc) is 2.99. The number of aromatic amines is 1. The summed E-state index contributed by atoms with van der Waals surface area (Å²) in [4.78, 5) is 26.7. The van der Waals surface area contributed by atoms with Crippen LogP contribution in [0.3, 0.4) is 0 Å². The number of rotatable bonds is 5. The van der Waals surface area contributed by atoms with Gasteiger partial charge in [0.05, 0.1) is 35.8 Å². The second-order valence-corrected chi connectivity index (χ2v) is 5.69. The Hall–Kier alpha value is -2.93. The van der Waals surface area contributed by atoms with Crippen LogP contribution >= 0.6 is 11.6 Å². The number of hydrogen-bond donors (Lipinski definition) is 2. The molecule has 1 aromatic carbocycles. The number of pyridine rings is 1. The number of amides is 1. The number of benzene rings is 1. The van der Waals surface area contributed by atoms with Gasteiger partial charge in [0, 0.05) is 18.5 Å². The van der Waals surface area contributed by atoms with E-state index in [4.69, 9.17) is 21.1 Å². The number of fused-ring (bicyclic) bond motifs is 1. The number of aromatic nitrogens is 2. The summed E-state index contributed by atoms with van der Waals surface area (Å²) in [7, 11) is 2.99. The van der Waals surface area contributed by atoms with Crippen molar-refractivity contribution in [3.63, 3.8) is 0 Å². The number of carbonyl (C=O) groups is 1. The molecule has 0 bridgehead atoms. The van der Waals surface area contributed by atoms with Crippen molar-refractivity contribution in [2.45, 2.75) is 6.54 Å². The van der Waals surface area contributed by atoms with Gasteiger partial charge in [0.25, 0.3) is 5.56 Å². The van der Waals surface area contributed by atoms with Gasteiger partial charge in [-0.15, -0.1) is 0 Å². The van der Waals surface area contributed by atoms with Crippen molar-refractivity contribution < 1.29 is 14.3 Å². The minimum atomic E-state index is -0.280. The molecule has 0 unspecified atom stereocenters. The summed E-state index contributed by atoms with van der Waals surface area (Å²) in [6, 6.07) is 6.58. The maximum absolute atomic E-state index is 12.4. The van der Waals surface area contributed by atoms with Gasteiger partial charge in [0.1, 0.15) is 18.0 Å². The number of nitrogens with one attached hydrogen (secondary N) is 2. The monoisotopic (exact) mass is 361 g/mol. The zero-order valence-electron chi connectivity index (χ0n) is 13.6. The molecule has 2 aromatic heterocycles. The number of H-pyrrole nitrogens is 1. The van der Waals surface area contributed by atoms with Crippen molar-refractivity contribution in [2.75, 3.05) is 19.5 Å². The van der Waals surface area contributed by atoms with Gasteiger partial charge >= 0.3 is 0 Å². The molecule has 0 saturated carbocycles. The summed E-state index contributed by atoms with van der Waals surface area (Å²) in [5.41, 5.74) is 0.923. The molecule has 0 saturated heterocycles. The Bertz CT molecular complexity index is 993. The smallest absolute Gasteiger partial charge is 0.257 e. The summed E-state index contributed by atoms with van der Waals surface area (Å²) in [5, 5.41) is 3.65. The fourth-order valence-corrected chi connectivity index (χ4v) is 2.82. The highest BCUT2D eigenvalue weighted by Crippen LogP contribution is 2.35. The Morgan fingerprint density at radius 3 is 2.72 bits per heavy atom. The predicted molar refractivity (Wildman–Crippen MR) is 95.7 cm³/mol. The Balaban J connectivity index is 1.84. The van der Waals surface area contributed by atoms with E-state index >= 15 is 0 Å². The molecule has 0 aliphatic heterocycles. The minimum Gasteiger partial charge on any atom is -0.495 e. The van der Waals surface area contributed by atoms with Gasteiger partial charge in [-0.3, -0.25) is 9.59 Å². The van der Waals surface area contributed by atoms with Crippen LogP contribution in [0, 0.1) is 0 Å². The second kappa shape index (κ2) is 6.90. The van der Waals surface area contributed by atoms with Gasteiger partial charge < -0.3 is 24.3 Å². The third-order valence-electron chi connectivity index (χ3n) is 3.77. The van der Waals surface area contributed by atoms with Crippen LogP contribution in [0.1, 0.15) is 0 Å². The van der Waals surface area contributed by atoms with Gasteiger partial charge in [-0.05, 0) is 18.2 Å². The summed E-state index contributed by atoms with van der Waals surface area (Å²) in [6.07, 6.45) is 3.24. The number of halogens is 1. The number of ether oxygens (including phenoxy) is 2. The van der Waals surface area contributed by atoms with Crippen LogP contribution in [0.2, 0.25) is 5.02 Å². The SMILES string of the molecule is COc1cc(OC)c(NC(=O)Cn2ccc3c(=O)[nH]ccc32)cc1Cl. The Morgan fingerprint density at radius 1 is 1.24 bits per heavy atom. The maximum Gasteiger partial charge on any atom is 0.257 e. The zero-order chi connectivity index (χ0) is 18.0. The normalized spacial score (nSPS) is 10.7. The molecule has 0 fully saturated rings. The van der Waals surface area contributed by atoms with Crippen molar-refractivity contribution in [1.82, 2.24) is 9.55 Å². The van der Waals surface area contributed by atoms with E-state index in [9.17, 15) is 9.59 Å². The highest BCUT2D eigenvalue weighted by molar-refractivity contribution is 6.32. The molecule has 0 radical (unpaired) electrons. The number of hydrogen-bond acceptors (Lipinski definition) is 4. The van der Waals surface area contributed by atoms with E-state index in [1.165, 1.54) is 14.2 Å². The van der Waals surface area contributed by atoms with E-state index in [2.05, 4.69) is 10.3 Å². The predicted octanol–water partition coefficient (Wildman–Crippen LogP) is 2.64. The van der Waals surface area contributed by atoms with Crippen molar-refractivity contribution in [3.05, 3.63) is 52.0 Å². The van der Waals surface area contributed by atoms with E-state index in [0.717, 1.165) is 0 Å². The molecule has 3 rings (SSSR count). The number of carbonyl (C=O) groups excluding carboxylic acids is 1. The van der Waals surface area contributed by atoms with E-state index in [1.54, 1.807) is 41.2 Å². The molecule has 0 aliphatic carbocycles. The topological polar surface area (TPSA) is 85.3 Å². The highest BCUT2D eigenvalue weighted by Gasteiger charge is 2.14. The average molecular weight is 362 g/mol. The first-order valence-corrected chi connectivity index (χ1v) is 7.79. The minimum absolute atomic E-state index is 0.0414. The first-order valence-electron chi connectivity index (χ1n) is 7.41. The van der Waals surface area contributed by atoms with Gasteiger partial charge in [-0.25, -0.2) is 0 Å². The fraction of sp³-hybridized carbons (Fsp3) is 0.176. The van der Waals surface area contributed by atoms with Crippen LogP contribution in [0.15, 0.2) is 41.5 Å². The van der Waals surface area contributed by atoms with Crippen LogP contribution in [-0.4, -0.2) is 29.7 Å². The van der Waals surface area contributed by atoms with Crippen LogP contribution < -0.4 is 20.3 Å². The molecular formula is C17H16ClN3O4. The Labute approximate surface area is 148 Å². The molecule has 3 aromatic rings. The first-order chi connectivity index (χ1) is 12.0. The third-order valence-corrected chi connectivity index (χ3v) is 4.06. The molecular weight excluding hydrogens is 346 g/mol. The third kappa shape index (κ3) is 3.32. The fourth-order valence-electron chi connectivity index (χ4n) is 2.58. The van der Waals surface area contributed by atoms with Crippen LogP contribution in [-0.2, 0) is 11.3 Å². The molecule has 8 heteroatoms. The zero-order valence-corrected chi connectivity index (χ0v) is 14.4. The van der Waals surface area contributed by atoms with Gasteiger partial charge in [0.15, 0.2) is 0 Å². The standard InChI is InChI=1S/C17H16ClN3O4/c1-24-14-8-15(25-2)12(7-11(14)18)20-16(22)9-21-6-4-10-13(21)3-5-19-17(10)23/h3-8H,9H2,1-2H3,(H,19,23)(H,20,22). The number of methoxy groups -OCH3 is 2. The van der Waals surface area contributed by atoms with E-state index in [1.807, 2.05) is 0 Å². The molecule has 1 amide bonds. The molecule has 0 atom stereocenters. The van der Waals surface area contributed by atoms with Gasteiger partial charge in [0.2, 0.25) is 5.91 Å².